The molecule has 2 N–H and O–H groups in total. The number of aryl methyl sites for hydroxylation is 2. The number of carbonyl (C=O) groups is 2. The quantitative estimate of drug-likeness (QED) is 0.457. The number of amides is 1. The first kappa shape index (κ1) is 25.9. The van der Waals surface area contributed by atoms with Crippen LogP contribution >= 0.6 is 22.9 Å². The summed E-state index contributed by atoms with van der Waals surface area (Å²) >= 11 is 7.05. The van der Waals surface area contributed by atoms with E-state index in [1.54, 1.807) is 4.57 Å². The van der Waals surface area contributed by atoms with Gasteiger partial charge in [0.05, 0.1) is 11.7 Å². The topological polar surface area (TPSA) is 107 Å². The molecule has 0 radical (unpaired) electrons. The molecule has 0 bridgehead atoms. The Morgan fingerprint density at radius 3 is 2.65 bits per heavy atom. The Balaban J connectivity index is 0.00000341. The Morgan fingerprint density at radius 1 is 1.29 bits per heavy atom. The van der Waals surface area contributed by atoms with Crippen molar-refractivity contribution in [1.82, 2.24) is 9.55 Å². The van der Waals surface area contributed by atoms with Gasteiger partial charge in [-0.25, -0.2) is 13.8 Å². The summed E-state index contributed by atoms with van der Waals surface area (Å²) in [6.07, 6.45) is 2.96. The van der Waals surface area contributed by atoms with Crippen LogP contribution < -0.4 is 61.8 Å². The van der Waals surface area contributed by atoms with Gasteiger partial charge in [0.2, 0.25) is 5.91 Å². The van der Waals surface area contributed by atoms with E-state index in [1.165, 1.54) is 12.4 Å². The number of halogens is 3. The average Bonchev–Trinajstić information content (AvgIpc) is 3.26. The van der Waals surface area contributed by atoms with Gasteiger partial charge in [-0.3, -0.25) is 4.79 Å². The second-order valence-electron chi connectivity index (χ2n) is 6.27. The molecule has 2 aromatic heterocycles. The summed E-state index contributed by atoms with van der Waals surface area (Å²) in [5, 5.41) is 23.1. The van der Waals surface area contributed by atoms with Crippen LogP contribution in [0.1, 0.15) is 28.6 Å². The zero-order valence-corrected chi connectivity index (χ0v) is 21.2. The normalized spacial score (nSPS) is 10.6. The number of aromatic hydroxyl groups is 1. The molecule has 1 aromatic carbocycles. The molecule has 3 aromatic rings. The Bertz CT molecular complexity index is 1140. The first-order valence-electron chi connectivity index (χ1n) is 8.74. The van der Waals surface area contributed by atoms with Gasteiger partial charge in [0, 0.05) is 47.4 Å². The second-order valence-corrected chi connectivity index (χ2v) is 7.71. The molecule has 0 saturated carbocycles. The number of carboxylic acid groups (broad SMARTS) is 1. The van der Waals surface area contributed by atoms with Gasteiger partial charge in [0.25, 0.3) is 0 Å². The van der Waals surface area contributed by atoms with Crippen molar-refractivity contribution in [3.8, 4) is 16.3 Å². The Kier molecular flexibility index (Phi) is 9.19. The summed E-state index contributed by atoms with van der Waals surface area (Å²) < 4.78 is 29.2. The molecule has 1 amide bonds. The van der Waals surface area contributed by atoms with Gasteiger partial charge in [-0.05, 0) is 19.4 Å². The molecule has 0 spiro atoms. The van der Waals surface area contributed by atoms with E-state index in [4.69, 9.17) is 11.6 Å². The van der Waals surface area contributed by atoms with Crippen LogP contribution in [0.3, 0.4) is 0 Å². The summed E-state index contributed by atoms with van der Waals surface area (Å²) in [6, 6.07) is 1.46. The zero-order chi connectivity index (χ0) is 22.0. The number of nitrogens with zero attached hydrogens (tertiary/aromatic N) is 2. The molecule has 0 fully saturated rings. The van der Waals surface area contributed by atoms with Gasteiger partial charge in [-0.15, -0.1) is 11.3 Å². The number of nitrogens with one attached hydrogen (secondary N) is 1. The minimum absolute atomic E-state index is 0. The fourth-order valence-electron chi connectivity index (χ4n) is 2.70. The molecule has 0 aliphatic rings. The molecule has 3 rings (SSSR count). The second kappa shape index (κ2) is 11.0. The minimum Gasteiger partial charge on any atom is -0.545 e. The van der Waals surface area contributed by atoms with Crippen LogP contribution in [0.15, 0.2) is 24.5 Å². The van der Waals surface area contributed by atoms with Crippen molar-refractivity contribution in [1.29, 1.82) is 0 Å². The van der Waals surface area contributed by atoms with Crippen molar-refractivity contribution < 1.29 is 80.0 Å². The van der Waals surface area contributed by atoms with Gasteiger partial charge in [-0.2, -0.15) is 0 Å². The Hall–Kier alpha value is -1.34. The van der Waals surface area contributed by atoms with Crippen LogP contribution in [0.25, 0.3) is 10.6 Å². The maximum Gasteiger partial charge on any atom is 1.00 e. The number of anilines is 1. The predicted molar refractivity (Wildman–Crippen MR) is 106 cm³/mol. The fraction of sp³-hybridized carbons (Fsp3) is 0.211. The number of benzene rings is 1. The standard InChI is InChI=1S/C19H16ClF2N3O4S.K/c1-2-25-7-10(19(28)29)13(8-25)23-16(27)4-3-15-17(20)24-18(30-15)9-5-12(22)14(26)6-11(9)21;/h5-8,26H,2-4H2,1H3,(H,23,27)(H,28,29);/q;+1/p-1. The molecule has 0 aliphatic carbocycles. The summed E-state index contributed by atoms with van der Waals surface area (Å²) in [5.41, 5.74) is -0.167. The first-order chi connectivity index (χ1) is 14.2. The number of hydrogen-bond acceptors (Lipinski definition) is 6. The number of carbonyl (C=O) groups excluding carboxylic acids is 2. The fourth-order valence-corrected chi connectivity index (χ4v) is 4.01. The van der Waals surface area contributed by atoms with Gasteiger partial charge in [0.15, 0.2) is 11.6 Å². The third-order valence-electron chi connectivity index (χ3n) is 4.23. The monoisotopic (exact) mass is 493 g/mol. The van der Waals surface area contributed by atoms with Gasteiger partial charge < -0.3 is 24.9 Å². The van der Waals surface area contributed by atoms with Crippen molar-refractivity contribution in [3.05, 3.63) is 51.8 Å². The molecule has 31 heavy (non-hydrogen) atoms. The number of aromatic carboxylic acids is 1. The number of carboxylic acids is 1. The van der Waals surface area contributed by atoms with Crippen LogP contribution in [0.4, 0.5) is 14.5 Å². The van der Waals surface area contributed by atoms with E-state index in [-0.39, 0.29) is 91.2 Å². The Morgan fingerprint density at radius 2 is 2.00 bits per heavy atom. The maximum atomic E-state index is 14.0. The third kappa shape index (κ3) is 6.13. The van der Waals surface area contributed by atoms with E-state index in [0.717, 1.165) is 17.4 Å². The molecule has 0 saturated heterocycles. The van der Waals surface area contributed by atoms with E-state index >= 15 is 0 Å². The van der Waals surface area contributed by atoms with Crippen LogP contribution in [0.5, 0.6) is 5.75 Å². The van der Waals surface area contributed by atoms with Crippen LogP contribution in [0, 0.1) is 11.6 Å². The molecular formula is C19H15ClF2KN3O4S. The van der Waals surface area contributed by atoms with Gasteiger partial charge >= 0.3 is 51.4 Å². The van der Waals surface area contributed by atoms with Gasteiger partial charge in [0.1, 0.15) is 16.0 Å². The van der Waals surface area contributed by atoms with E-state index in [9.17, 15) is 28.6 Å². The predicted octanol–water partition coefficient (Wildman–Crippen LogP) is 0.207. The molecule has 2 heterocycles. The molecule has 7 nitrogen and oxygen atoms in total. The van der Waals surface area contributed by atoms with E-state index in [1.807, 2.05) is 6.92 Å². The van der Waals surface area contributed by atoms with E-state index < -0.39 is 29.3 Å². The third-order valence-corrected chi connectivity index (χ3v) is 5.81. The molecule has 0 unspecified atom stereocenters. The van der Waals surface area contributed by atoms with Crippen molar-refractivity contribution >= 4 is 40.5 Å². The van der Waals surface area contributed by atoms with Crippen LogP contribution in [0.2, 0.25) is 5.15 Å². The number of thiazole rings is 1. The average molecular weight is 494 g/mol. The minimum atomic E-state index is -1.41. The summed E-state index contributed by atoms with van der Waals surface area (Å²) in [4.78, 5) is 27.9. The smallest absolute Gasteiger partial charge is 0.545 e. The van der Waals surface area contributed by atoms with Crippen molar-refractivity contribution in [2.24, 2.45) is 0 Å². The molecule has 12 heteroatoms. The number of aromatic nitrogens is 2. The van der Waals surface area contributed by atoms with Crippen LogP contribution in [-0.2, 0) is 17.8 Å². The zero-order valence-electron chi connectivity index (χ0n) is 16.5. The van der Waals surface area contributed by atoms with E-state index in [2.05, 4.69) is 10.3 Å². The number of phenolic OH excluding ortho intramolecular Hbond substituents is 1. The SMILES string of the molecule is CCn1cc(NC(=O)CCc2sc(-c3cc(F)c(O)cc3F)nc2Cl)c(C(=O)[O-])c1.[K+]. The molecular weight excluding hydrogens is 479 g/mol. The molecule has 158 valence electrons. The first-order valence-corrected chi connectivity index (χ1v) is 9.93. The van der Waals surface area contributed by atoms with Crippen LogP contribution in [-0.4, -0.2) is 26.5 Å². The summed E-state index contributed by atoms with van der Waals surface area (Å²) in [5.74, 6) is -4.54. The van der Waals surface area contributed by atoms with Crippen molar-refractivity contribution in [2.45, 2.75) is 26.3 Å². The largest absolute Gasteiger partial charge is 1.00 e. The van der Waals surface area contributed by atoms with Crippen molar-refractivity contribution in [3.63, 3.8) is 0 Å². The van der Waals surface area contributed by atoms with Gasteiger partial charge in [-0.1, -0.05) is 11.6 Å². The number of hydrogen-bond donors (Lipinski definition) is 2. The summed E-state index contributed by atoms with van der Waals surface area (Å²) in [6.45, 7) is 2.33. The Labute approximate surface area is 227 Å². The van der Waals surface area contributed by atoms with Crippen molar-refractivity contribution in [2.75, 3.05) is 5.32 Å². The molecule has 0 atom stereocenters. The summed E-state index contributed by atoms with van der Waals surface area (Å²) in [7, 11) is 0. The number of rotatable bonds is 7. The molecule has 0 aliphatic heterocycles. The van der Waals surface area contributed by atoms with E-state index in [0.29, 0.717) is 17.5 Å². The maximum absolute atomic E-state index is 14.0. The number of phenols is 1.